The van der Waals surface area contributed by atoms with Crippen LogP contribution in [-0.4, -0.2) is 43.5 Å². The third-order valence-corrected chi connectivity index (χ3v) is 7.51. The number of aliphatic hydroxyl groups is 1. The molecule has 33 heavy (non-hydrogen) atoms. The van der Waals surface area contributed by atoms with E-state index in [1.165, 1.54) is 12.1 Å². The van der Waals surface area contributed by atoms with Crippen LogP contribution in [-0.2, 0) is 21.2 Å². The summed E-state index contributed by atoms with van der Waals surface area (Å²) >= 11 is 6.01. The van der Waals surface area contributed by atoms with E-state index in [0.717, 1.165) is 9.87 Å². The molecule has 1 aromatic heterocycles. The largest absolute Gasteiger partial charge is 0.482 e. The van der Waals surface area contributed by atoms with Gasteiger partial charge in [-0.05, 0) is 35.9 Å². The van der Waals surface area contributed by atoms with Crippen LogP contribution in [0.1, 0.15) is 24.1 Å². The summed E-state index contributed by atoms with van der Waals surface area (Å²) in [6.07, 6.45) is -0.712. The van der Waals surface area contributed by atoms with Crippen molar-refractivity contribution in [3.63, 3.8) is 0 Å². The fraction of sp³-hybridized carbons (Fsp3) is 0.250. The van der Waals surface area contributed by atoms with E-state index >= 15 is 0 Å². The molecule has 1 N–H and O–H groups in total. The lowest BCUT2D eigenvalue weighted by Crippen LogP contribution is -2.45. The number of sulfonamides is 1. The Morgan fingerprint density at radius 1 is 1.18 bits per heavy atom. The van der Waals surface area contributed by atoms with Crippen molar-refractivity contribution in [3.05, 3.63) is 83.0 Å². The van der Waals surface area contributed by atoms with Gasteiger partial charge in [-0.25, -0.2) is 17.7 Å². The zero-order valence-electron chi connectivity index (χ0n) is 17.9. The highest BCUT2D eigenvalue weighted by Gasteiger charge is 2.36. The fourth-order valence-electron chi connectivity index (χ4n) is 3.65. The van der Waals surface area contributed by atoms with Crippen LogP contribution in [0.25, 0.3) is 0 Å². The summed E-state index contributed by atoms with van der Waals surface area (Å²) in [4.78, 5) is 17.3. The zero-order chi connectivity index (χ0) is 23.6. The Balaban J connectivity index is 1.67. The number of rotatable bonds is 7. The van der Waals surface area contributed by atoms with Gasteiger partial charge in [0, 0.05) is 17.4 Å². The molecular weight excluding hydrogens is 464 g/mol. The van der Waals surface area contributed by atoms with Crippen molar-refractivity contribution in [2.45, 2.75) is 30.3 Å². The monoisotopic (exact) mass is 486 g/mol. The lowest BCUT2D eigenvalue weighted by molar-refractivity contribution is -0.119. The summed E-state index contributed by atoms with van der Waals surface area (Å²) in [5.74, 6) is -0.0660. The Morgan fingerprint density at radius 2 is 1.94 bits per heavy atom. The average molecular weight is 487 g/mol. The first kappa shape index (κ1) is 23.2. The van der Waals surface area contributed by atoms with Crippen LogP contribution in [0.4, 0.5) is 5.82 Å². The number of halogens is 1. The normalized spacial score (nSPS) is 16.6. The number of ether oxygens (including phenoxy) is 1. The first-order valence-corrected chi connectivity index (χ1v) is 12.2. The summed E-state index contributed by atoms with van der Waals surface area (Å²) in [6.45, 7) is 1.35. The molecule has 2 heterocycles. The smallest absolute Gasteiger partial charge is 0.265 e. The number of carbonyl (C=O) groups is 1. The number of fused-ring (bicyclic) bond motifs is 1. The summed E-state index contributed by atoms with van der Waals surface area (Å²) in [5, 5.41) is 9.91. The lowest BCUT2D eigenvalue weighted by Gasteiger charge is -2.34. The number of hydrogen-bond donors (Lipinski definition) is 1. The van der Waals surface area contributed by atoms with Gasteiger partial charge in [-0.2, -0.15) is 0 Å². The van der Waals surface area contributed by atoms with Gasteiger partial charge in [0.1, 0.15) is 11.9 Å². The first-order valence-electron chi connectivity index (χ1n) is 10.4. The molecule has 1 aliphatic rings. The van der Waals surface area contributed by atoms with Crippen molar-refractivity contribution >= 4 is 33.2 Å². The molecule has 172 valence electrons. The number of benzene rings is 2. The molecule has 9 heteroatoms. The minimum absolute atomic E-state index is 0.000481. The summed E-state index contributed by atoms with van der Waals surface area (Å²) in [7, 11) is -4.04. The van der Waals surface area contributed by atoms with Gasteiger partial charge in [0.25, 0.3) is 10.0 Å². The third kappa shape index (κ3) is 4.88. The molecule has 0 saturated heterocycles. The number of carbonyl (C=O) groups excluding carboxylic acids is 1. The molecule has 0 bridgehead atoms. The highest BCUT2D eigenvalue weighted by Crippen LogP contribution is 2.36. The Bertz CT molecular complexity index is 1270. The molecule has 0 amide bonds. The number of nitrogens with zero attached hydrogens (tertiary/aromatic N) is 2. The van der Waals surface area contributed by atoms with Gasteiger partial charge in [0.15, 0.2) is 11.6 Å². The fourth-order valence-corrected chi connectivity index (χ4v) is 5.41. The zero-order valence-corrected chi connectivity index (χ0v) is 19.5. The van der Waals surface area contributed by atoms with E-state index in [9.17, 15) is 18.3 Å². The maximum atomic E-state index is 13.4. The van der Waals surface area contributed by atoms with Gasteiger partial charge in [-0.3, -0.25) is 4.79 Å². The molecule has 0 radical (unpaired) electrons. The number of aliphatic hydroxyl groups excluding tert-OH is 1. The quantitative estimate of drug-likeness (QED) is 0.548. The van der Waals surface area contributed by atoms with E-state index in [2.05, 4.69) is 4.98 Å². The number of aromatic nitrogens is 1. The molecule has 3 aromatic rings. The van der Waals surface area contributed by atoms with E-state index < -0.39 is 16.1 Å². The van der Waals surface area contributed by atoms with Gasteiger partial charge in [-0.15, -0.1) is 0 Å². The highest BCUT2D eigenvalue weighted by molar-refractivity contribution is 7.92. The van der Waals surface area contributed by atoms with Crippen molar-refractivity contribution in [2.24, 2.45) is 0 Å². The number of Topliss-reactive ketones (excluding diaryl/α,β-unsaturated/α-hetero) is 1. The Hall–Kier alpha value is -2.94. The third-order valence-electron chi connectivity index (χ3n) is 5.52. The molecule has 0 aliphatic carbocycles. The average Bonchev–Trinajstić information content (AvgIpc) is 2.83. The van der Waals surface area contributed by atoms with E-state index in [4.69, 9.17) is 16.3 Å². The molecular formula is C24H23ClN2O5S. The molecule has 2 aromatic carbocycles. The van der Waals surface area contributed by atoms with Crippen molar-refractivity contribution in [1.82, 2.24) is 4.98 Å². The Morgan fingerprint density at radius 3 is 2.64 bits per heavy atom. The van der Waals surface area contributed by atoms with Crippen LogP contribution in [0.3, 0.4) is 0 Å². The number of pyridine rings is 1. The SMILES string of the molecule is C[C@H](C(=O)Cc1ccc2c(n1)N(S(=O)(=O)c1cccc(Cl)c1)C[C@H](CO)O2)c1ccccc1. The number of anilines is 1. The summed E-state index contributed by atoms with van der Waals surface area (Å²) in [5.41, 5.74) is 1.33. The second kappa shape index (κ2) is 9.51. The van der Waals surface area contributed by atoms with Gasteiger partial charge < -0.3 is 9.84 Å². The summed E-state index contributed by atoms with van der Waals surface area (Å²) in [6, 6.07) is 18.6. The Kier molecular flexibility index (Phi) is 6.69. The minimum Gasteiger partial charge on any atom is -0.482 e. The van der Waals surface area contributed by atoms with E-state index in [-0.39, 0.29) is 52.8 Å². The molecule has 0 unspecified atom stereocenters. The minimum atomic E-state index is -4.04. The van der Waals surface area contributed by atoms with Crippen molar-refractivity contribution in [3.8, 4) is 5.75 Å². The van der Waals surface area contributed by atoms with Crippen LogP contribution < -0.4 is 9.04 Å². The van der Waals surface area contributed by atoms with Crippen molar-refractivity contribution in [1.29, 1.82) is 0 Å². The number of hydrogen-bond acceptors (Lipinski definition) is 6. The van der Waals surface area contributed by atoms with Gasteiger partial charge in [-0.1, -0.05) is 54.9 Å². The Labute approximate surface area is 197 Å². The topological polar surface area (TPSA) is 96.8 Å². The second-order valence-corrected chi connectivity index (χ2v) is 10.1. The molecule has 4 rings (SSSR count). The van der Waals surface area contributed by atoms with E-state index in [1.807, 2.05) is 37.3 Å². The van der Waals surface area contributed by atoms with Gasteiger partial charge >= 0.3 is 0 Å². The predicted molar refractivity (Wildman–Crippen MR) is 125 cm³/mol. The van der Waals surface area contributed by atoms with E-state index in [0.29, 0.717) is 5.69 Å². The molecule has 0 fully saturated rings. The first-order chi connectivity index (χ1) is 15.8. The predicted octanol–water partition coefficient (Wildman–Crippen LogP) is 3.60. The maximum absolute atomic E-state index is 13.4. The van der Waals surface area contributed by atoms with Crippen LogP contribution >= 0.6 is 11.6 Å². The van der Waals surface area contributed by atoms with Crippen molar-refractivity contribution in [2.75, 3.05) is 17.5 Å². The molecule has 0 spiro atoms. The van der Waals surface area contributed by atoms with Gasteiger partial charge in [0.2, 0.25) is 0 Å². The van der Waals surface area contributed by atoms with E-state index in [1.54, 1.807) is 24.3 Å². The van der Waals surface area contributed by atoms with Crippen LogP contribution in [0.15, 0.2) is 71.6 Å². The highest BCUT2D eigenvalue weighted by atomic mass is 35.5. The molecule has 7 nitrogen and oxygen atoms in total. The summed E-state index contributed by atoms with van der Waals surface area (Å²) < 4.78 is 33.6. The lowest BCUT2D eigenvalue weighted by atomic mass is 9.94. The molecule has 1 aliphatic heterocycles. The van der Waals surface area contributed by atoms with Crippen LogP contribution in [0.2, 0.25) is 5.02 Å². The standard InChI is InChI=1S/C24H23ClN2O5S/c1-16(17-6-3-2-4-7-17)22(29)13-19-10-11-23-24(26-19)27(14-20(15-28)32-23)33(30,31)21-9-5-8-18(25)12-21/h2-12,16,20,28H,13-15H2,1H3/t16-,20+/m0/s1. The maximum Gasteiger partial charge on any atom is 0.265 e. The molecule has 2 atom stereocenters. The second-order valence-electron chi connectivity index (χ2n) is 7.82. The van der Waals surface area contributed by atoms with Crippen LogP contribution in [0.5, 0.6) is 5.75 Å². The van der Waals surface area contributed by atoms with Gasteiger partial charge in [0.05, 0.1) is 23.7 Å². The van der Waals surface area contributed by atoms with Crippen molar-refractivity contribution < 1.29 is 23.1 Å². The molecule has 0 saturated carbocycles. The number of ketones is 1. The van der Waals surface area contributed by atoms with Crippen LogP contribution in [0, 0.1) is 0 Å².